The molecular weight excluding hydrogens is 294 g/mol. The van der Waals surface area contributed by atoms with Gasteiger partial charge in [0.2, 0.25) is 0 Å². The number of fused-ring (bicyclic) bond motifs is 1. The fourth-order valence-corrected chi connectivity index (χ4v) is 3.06. The monoisotopic (exact) mass is 313 g/mol. The topological polar surface area (TPSA) is 41.6 Å². The lowest BCUT2D eigenvalue weighted by molar-refractivity contribution is 0.924. The lowest BCUT2D eigenvalue weighted by Crippen LogP contribution is -1.95. The summed E-state index contributed by atoms with van der Waals surface area (Å²) in [7, 11) is 0. The number of hydrogen-bond acceptors (Lipinski definition) is 2. The van der Waals surface area contributed by atoms with Gasteiger partial charge >= 0.3 is 0 Å². The maximum atomic E-state index is 4.71. The molecule has 0 saturated heterocycles. The Morgan fingerprint density at radius 2 is 1.71 bits per heavy atom. The van der Waals surface area contributed by atoms with Gasteiger partial charge in [0.15, 0.2) is 0 Å². The third kappa shape index (κ3) is 2.93. The van der Waals surface area contributed by atoms with Crippen LogP contribution in [0.5, 0.6) is 0 Å². The van der Waals surface area contributed by atoms with Crippen molar-refractivity contribution in [2.75, 3.05) is 0 Å². The number of nitrogens with one attached hydrogen (secondary N) is 1. The molecule has 3 heteroatoms. The number of nitrogens with zero attached hydrogens (tertiary/aromatic N) is 2. The number of hydrogen-bond donors (Lipinski definition) is 1. The maximum Gasteiger partial charge on any atom is 0.111 e. The molecule has 2 heterocycles. The summed E-state index contributed by atoms with van der Waals surface area (Å²) >= 11 is 0. The highest BCUT2D eigenvalue weighted by molar-refractivity contribution is 5.76. The molecule has 0 radical (unpaired) electrons. The minimum absolute atomic E-state index is 0.363. The van der Waals surface area contributed by atoms with Crippen molar-refractivity contribution in [1.29, 1.82) is 0 Å². The number of benzene rings is 2. The molecule has 2 aromatic carbocycles. The third-order valence-electron chi connectivity index (χ3n) is 4.48. The molecule has 0 saturated carbocycles. The molecule has 118 valence electrons. The molecule has 0 aliphatic carbocycles. The zero-order valence-corrected chi connectivity index (χ0v) is 13.6. The molecule has 4 rings (SSSR count). The van der Waals surface area contributed by atoms with Crippen molar-refractivity contribution < 1.29 is 0 Å². The Bertz CT molecular complexity index is 943. The SMILES string of the molecule is CC(c1ccccc1)c1ccc2nc(Cc3ccncc3)[nH]c2c1. The van der Waals surface area contributed by atoms with Crippen LogP contribution in [0.1, 0.15) is 35.4 Å². The molecule has 24 heavy (non-hydrogen) atoms. The molecule has 0 aliphatic rings. The van der Waals surface area contributed by atoms with Gasteiger partial charge in [0.1, 0.15) is 5.82 Å². The van der Waals surface area contributed by atoms with Crippen LogP contribution in [-0.2, 0) is 6.42 Å². The summed E-state index contributed by atoms with van der Waals surface area (Å²) in [6.45, 7) is 2.24. The van der Waals surface area contributed by atoms with E-state index in [1.807, 2.05) is 24.5 Å². The van der Waals surface area contributed by atoms with Crippen LogP contribution in [-0.4, -0.2) is 15.0 Å². The number of imidazole rings is 1. The summed E-state index contributed by atoms with van der Waals surface area (Å²) in [5, 5.41) is 0. The first-order chi connectivity index (χ1) is 11.8. The smallest absolute Gasteiger partial charge is 0.111 e. The number of rotatable bonds is 4. The Hall–Kier alpha value is -2.94. The average molecular weight is 313 g/mol. The average Bonchev–Trinajstić information content (AvgIpc) is 3.04. The normalized spacial score (nSPS) is 12.4. The lowest BCUT2D eigenvalue weighted by Gasteiger charge is -2.12. The van der Waals surface area contributed by atoms with Crippen LogP contribution in [0, 0.1) is 0 Å². The van der Waals surface area contributed by atoms with E-state index in [9.17, 15) is 0 Å². The van der Waals surface area contributed by atoms with Crippen LogP contribution >= 0.6 is 0 Å². The van der Waals surface area contributed by atoms with E-state index in [0.29, 0.717) is 5.92 Å². The molecule has 4 aromatic rings. The zero-order chi connectivity index (χ0) is 16.4. The Morgan fingerprint density at radius 3 is 2.50 bits per heavy atom. The summed E-state index contributed by atoms with van der Waals surface area (Å²) in [6.07, 6.45) is 4.43. The first kappa shape index (κ1) is 14.6. The number of aromatic nitrogens is 3. The molecule has 0 bridgehead atoms. The second-order valence-corrected chi connectivity index (χ2v) is 6.12. The van der Waals surface area contributed by atoms with Gasteiger partial charge in [0, 0.05) is 24.7 Å². The van der Waals surface area contributed by atoms with E-state index >= 15 is 0 Å². The molecule has 0 amide bonds. The van der Waals surface area contributed by atoms with Crippen molar-refractivity contribution in [1.82, 2.24) is 15.0 Å². The van der Waals surface area contributed by atoms with Crippen molar-refractivity contribution >= 4 is 11.0 Å². The van der Waals surface area contributed by atoms with E-state index in [4.69, 9.17) is 4.98 Å². The highest BCUT2D eigenvalue weighted by Gasteiger charge is 2.10. The van der Waals surface area contributed by atoms with E-state index in [-0.39, 0.29) is 0 Å². The second-order valence-electron chi connectivity index (χ2n) is 6.12. The van der Waals surface area contributed by atoms with E-state index in [1.165, 1.54) is 16.7 Å². The fraction of sp³-hybridized carbons (Fsp3) is 0.143. The van der Waals surface area contributed by atoms with Gasteiger partial charge in [-0.2, -0.15) is 0 Å². The third-order valence-corrected chi connectivity index (χ3v) is 4.48. The summed E-state index contributed by atoms with van der Waals surface area (Å²) in [6, 6.07) is 21.1. The minimum Gasteiger partial charge on any atom is -0.342 e. The highest BCUT2D eigenvalue weighted by atomic mass is 14.9. The number of H-pyrrole nitrogens is 1. The van der Waals surface area contributed by atoms with Crippen molar-refractivity contribution in [2.24, 2.45) is 0 Å². The maximum absolute atomic E-state index is 4.71. The van der Waals surface area contributed by atoms with Gasteiger partial charge in [-0.3, -0.25) is 4.98 Å². The quantitative estimate of drug-likeness (QED) is 0.593. The van der Waals surface area contributed by atoms with Gasteiger partial charge in [-0.1, -0.05) is 43.3 Å². The molecule has 1 unspecified atom stereocenters. The molecule has 0 spiro atoms. The van der Waals surface area contributed by atoms with Crippen LogP contribution in [0.3, 0.4) is 0 Å². The van der Waals surface area contributed by atoms with Crippen LogP contribution < -0.4 is 0 Å². The summed E-state index contributed by atoms with van der Waals surface area (Å²) in [5.74, 6) is 1.35. The van der Waals surface area contributed by atoms with E-state index in [2.05, 4.69) is 65.4 Å². The van der Waals surface area contributed by atoms with Crippen LogP contribution in [0.25, 0.3) is 11.0 Å². The van der Waals surface area contributed by atoms with Gasteiger partial charge in [-0.05, 0) is 41.0 Å². The second kappa shape index (κ2) is 6.28. The molecule has 2 aromatic heterocycles. The van der Waals surface area contributed by atoms with Crippen LogP contribution in [0.15, 0.2) is 73.1 Å². The summed E-state index contributed by atoms with van der Waals surface area (Å²) in [4.78, 5) is 12.2. The Kier molecular flexibility index (Phi) is 3.83. The van der Waals surface area contributed by atoms with Gasteiger partial charge in [0.25, 0.3) is 0 Å². The highest BCUT2D eigenvalue weighted by Crippen LogP contribution is 2.26. The predicted molar refractivity (Wildman–Crippen MR) is 97.1 cm³/mol. The van der Waals surface area contributed by atoms with Crippen molar-refractivity contribution in [3.05, 3.63) is 95.6 Å². The first-order valence-corrected chi connectivity index (χ1v) is 8.22. The van der Waals surface area contributed by atoms with E-state index in [1.54, 1.807) is 0 Å². The van der Waals surface area contributed by atoms with Crippen LogP contribution in [0.4, 0.5) is 0 Å². The largest absolute Gasteiger partial charge is 0.342 e. The molecule has 0 aliphatic heterocycles. The van der Waals surface area contributed by atoms with E-state index < -0.39 is 0 Å². The van der Waals surface area contributed by atoms with Crippen molar-refractivity contribution in [3.8, 4) is 0 Å². The molecule has 0 fully saturated rings. The fourth-order valence-electron chi connectivity index (χ4n) is 3.06. The standard InChI is InChI=1S/C21H19N3/c1-15(17-5-3-2-4-6-17)18-7-8-19-20(14-18)24-21(23-19)13-16-9-11-22-12-10-16/h2-12,14-15H,13H2,1H3,(H,23,24). The minimum atomic E-state index is 0.363. The Balaban J connectivity index is 1.64. The van der Waals surface area contributed by atoms with Crippen molar-refractivity contribution in [2.45, 2.75) is 19.3 Å². The number of pyridine rings is 1. The molecule has 3 nitrogen and oxygen atoms in total. The van der Waals surface area contributed by atoms with E-state index in [0.717, 1.165) is 23.3 Å². The Labute approximate surface area is 141 Å². The van der Waals surface area contributed by atoms with Gasteiger partial charge < -0.3 is 4.98 Å². The summed E-state index contributed by atoms with van der Waals surface area (Å²) in [5.41, 5.74) is 5.95. The lowest BCUT2D eigenvalue weighted by atomic mass is 9.93. The van der Waals surface area contributed by atoms with Gasteiger partial charge in [-0.15, -0.1) is 0 Å². The van der Waals surface area contributed by atoms with Gasteiger partial charge in [0.05, 0.1) is 11.0 Å². The Morgan fingerprint density at radius 1 is 0.917 bits per heavy atom. The van der Waals surface area contributed by atoms with Gasteiger partial charge in [-0.25, -0.2) is 4.98 Å². The first-order valence-electron chi connectivity index (χ1n) is 8.22. The van der Waals surface area contributed by atoms with Crippen LogP contribution in [0.2, 0.25) is 0 Å². The predicted octanol–water partition coefficient (Wildman–Crippen LogP) is 4.70. The molecule has 1 atom stereocenters. The zero-order valence-electron chi connectivity index (χ0n) is 13.6. The summed E-state index contributed by atoms with van der Waals surface area (Å²) < 4.78 is 0. The molecular formula is C21H19N3. The van der Waals surface area contributed by atoms with Crippen molar-refractivity contribution in [3.63, 3.8) is 0 Å². The molecule has 1 N–H and O–H groups in total. The number of aromatic amines is 1.